The summed E-state index contributed by atoms with van der Waals surface area (Å²) in [4.78, 5) is 19.9. The van der Waals surface area contributed by atoms with Gasteiger partial charge in [0.15, 0.2) is 5.69 Å². The number of rotatable bonds is 5. The summed E-state index contributed by atoms with van der Waals surface area (Å²) in [7, 11) is 1.57. The Labute approximate surface area is 176 Å². The molecule has 1 aliphatic rings. The first-order chi connectivity index (χ1) is 14.8. The minimum atomic E-state index is -4.52. The first-order valence-corrected chi connectivity index (χ1v) is 9.96. The van der Waals surface area contributed by atoms with Crippen molar-refractivity contribution in [1.29, 1.82) is 0 Å². The van der Waals surface area contributed by atoms with Crippen LogP contribution in [0, 0.1) is 0 Å². The number of benzene rings is 1. The highest BCUT2D eigenvalue weighted by Gasteiger charge is 2.34. The van der Waals surface area contributed by atoms with E-state index in [1.165, 1.54) is 10.6 Å². The van der Waals surface area contributed by atoms with Gasteiger partial charge in [0.25, 0.3) is 5.91 Å². The lowest BCUT2D eigenvalue weighted by Crippen LogP contribution is -2.40. The third-order valence-electron chi connectivity index (χ3n) is 5.43. The lowest BCUT2D eigenvalue weighted by atomic mass is 9.91. The van der Waals surface area contributed by atoms with Crippen LogP contribution >= 0.6 is 0 Å². The zero-order chi connectivity index (χ0) is 22.0. The zero-order valence-electron chi connectivity index (χ0n) is 16.8. The fourth-order valence-corrected chi connectivity index (χ4v) is 3.75. The van der Waals surface area contributed by atoms with Gasteiger partial charge in [0.05, 0.1) is 7.11 Å². The summed E-state index contributed by atoms with van der Waals surface area (Å²) in [6.45, 7) is 0. The predicted octanol–water partition coefficient (Wildman–Crippen LogP) is 3.91. The van der Waals surface area contributed by atoms with Crippen molar-refractivity contribution in [3.05, 3.63) is 54.0 Å². The summed E-state index contributed by atoms with van der Waals surface area (Å²) in [5.74, 6) is 1.07. The molecule has 1 aliphatic carbocycles. The van der Waals surface area contributed by atoms with Gasteiger partial charge in [-0.3, -0.25) is 9.20 Å². The third kappa shape index (κ3) is 4.73. The van der Waals surface area contributed by atoms with Crippen LogP contribution in [0.4, 0.5) is 19.0 Å². The van der Waals surface area contributed by atoms with Crippen molar-refractivity contribution in [2.45, 2.75) is 43.9 Å². The maximum absolute atomic E-state index is 13.0. The minimum Gasteiger partial charge on any atom is -0.497 e. The third-order valence-corrected chi connectivity index (χ3v) is 5.43. The Hall–Kier alpha value is -3.30. The maximum Gasteiger partial charge on any atom is 0.434 e. The molecule has 164 valence electrons. The Balaban J connectivity index is 1.35. The average molecular weight is 433 g/mol. The van der Waals surface area contributed by atoms with Gasteiger partial charge >= 0.3 is 6.18 Å². The first kappa shape index (κ1) is 21.0. The van der Waals surface area contributed by atoms with E-state index in [1.807, 2.05) is 0 Å². The van der Waals surface area contributed by atoms with Crippen LogP contribution in [-0.4, -0.2) is 39.5 Å². The second-order valence-corrected chi connectivity index (χ2v) is 7.52. The molecular weight excluding hydrogens is 411 g/mol. The van der Waals surface area contributed by atoms with Gasteiger partial charge in [-0.25, -0.2) is 9.97 Å². The normalized spacial score (nSPS) is 19.2. The number of imidazole rings is 1. The number of hydrogen-bond donors (Lipinski definition) is 2. The molecule has 0 unspecified atom stereocenters. The molecule has 0 atom stereocenters. The van der Waals surface area contributed by atoms with E-state index in [0.29, 0.717) is 17.1 Å². The monoisotopic (exact) mass is 433 g/mol. The number of methoxy groups -OCH3 is 1. The minimum absolute atomic E-state index is 0.00207. The van der Waals surface area contributed by atoms with Crippen molar-refractivity contribution in [2.24, 2.45) is 0 Å². The Morgan fingerprint density at radius 3 is 2.42 bits per heavy atom. The van der Waals surface area contributed by atoms with Gasteiger partial charge in [0, 0.05) is 30.0 Å². The van der Waals surface area contributed by atoms with Crippen molar-refractivity contribution in [3.63, 3.8) is 0 Å². The molecule has 31 heavy (non-hydrogen) atoms. The molecule has 2 aromatic heterocycles. The molecule has 1 aromatic carbocycles. The largest absolute Gasteiger partial charge is 0.497 e. The number of fused-ring (bicyclic) bond motifs is 1. The highest BCUT2D eigenvalue weighted by atomic mass is 19.4. The lowest BCUT2D eigenvalue weighted by molar-refractivity contribution is -0.140. The molecule has 0 radical (unpaired) electrons. The smallest absolute Gasteiger partial charge is 0.434 e. The number of alkyl halides is 3. The molecule has 1 saturated carbocycles. The standard InChI is InChI=1S/C21H22F3N5O2/c1-31-16-8-2-13(3-9-16)19(30)27-15-6-4-14(5-7-15)26-18-10-11-25-20-28-17(12-29(18)20)21(22,23)24/h2-3,8-12,14-15,26H,4-7H2,1H3,(H,27,30)/t14-,15+. The van der Waals surface area contributed by atoms with E-state index in [-0.39, 0.29) is 23.8 Å². The second-order valence-electron chi connectivity index (χ2n) is 7.52. The van der Waals surface area contributed by atoms with Gasteiger partial charge < -0.3 is 15.4 Å². The average Bonchev–Trinajstić information content (AvgIpc) is 3.21. The molecule has 4 rings (SSSR count). The molecule has 0 bridgehead atoms. The van der Waals surface area contributed by atoms with Crippen LogP contribution in [0.15, 0.2) is 42.7 Å². The van der Waals surface area contributed by atoms with Crippen LogP contribution in [0.2, 0.25) is 0 Å². The number of nitrogens with one attached hydrogen (secondary N) is 2. The van der Waals surface area contributed by atoms with E-state index >= 15 is 0 Å². The molecule has 2 N–H and O–H groups in total. The Bertz CT molecular complexity index is 1060. The lowest BCUT2D eigenvalue weighted by Gasteiger charge is -2.30. The fourth-order valence-electron chi connectivity index (χ4n) is 3.75. The number of halogens is 3. The molecule has 0 saturated heterocycles. The number of carbonyl (C=O) groups is 1. The van der Waals surface area contributed by atoms with Gasteiger partial charge in [-0.1, -0.05) is 0 Å². The molecule has 2 heterocycles. The van der Waals surface area contributed by atoms with Crippen LogP contribution in [0.1, 0.15) is 41.7 Å². The molecule has 0 aliphatic heterocycles. The van der Waals surface area contributed by atoms with Crippen LogP contribution in [0.25, 0.3) is 5.78 Å². The van der Waals surface area contributed by atoms with Gasteiger partial charge in [-0.15, -0.1) is 0 Å². The van der Waals surface area contributed by atoms with Crippen molar-refractivity contribution >= 4 is 17.5 Å². The zero-order valence-corrected chi connectivity index (χ0v) is 16.8. The van der Waals surface area contributed by atoms with Gasteiger partial charge in [0.2, 0.25) is 5.78 Å². The molecule has 0 spiro atoms. The topological polar surface area (TPSA) is 80.5 Å². The SMILES string of the molecule is COc1ccc(C(=O)N[C@H]2CC[C@@H](Nc3ccnc4nc(C(F)(F)F)cn34)CC2)cc1. The Kier molecular flexibility index (Phi) is 5.71. The van der Waals surface area contributed by atoms with Crippen LogP contribution < -0.4 is 15.4 Å². The predicted molar refractivity (Wildman–Crippen MR) is 108 cm³/mol. The van der Waals surface area contributed by atoms with E-state index in [2.05, 4.69) is 20.6 Å². The highest BCUT2D eigenvalue weighted by molar-refractivity contribution is 5.94. The number of anilines is 1. The number of nitrogens with zero attached hydrogens (tertiary/aromatic N) is 3. The summed E-state index contributed by atoms with van der Waals surface area (Å²) >= 11 is 0. The quantitative estimate of drug-likeness (QED) is 0.638. The van der Waals surface area contributed by atoms with Gasteiger partial charge in [-0.05, 0) is 56.0 Å². The van der Waals surface area contributed by atoms with Gasteiger partial charge in [-0.2, -0.15) is 13.2 Å². The molecule has 1 fully saturated rings. The maximum atomic E-state index is 13.0. The number of amides is 1. The van der Waals surface area contributed by atoms with Gasteiger partial charge in [0.1, 0.15) is 11.6 Å². The molecular formula is C21H22F3N5O2. The first-order valence-electron chi connectivity index (χ1n) is 9.96. The summed E-state index contributed by atoms with van der Waals surface area (Å²) in [6, 6.07) is 8.68. The van der Waals surface area contributed by atoms with E-state index in [1.54, 1.807) is 37.4 Å². The molecule has 1 amide bonds. The van der Waals surface area contributed by atoms with E-state index in [4.69, 9.17) is 4.74 Å². The molecule has 7 nitrogen and oxygen atoms in total. The highest BCUT2D eigenvalue weighted by Crippen LogP contribution is 2.29. The fraction of sp³-hybridized carbons (Fsp3) is 0.381. The van der Waals surface area contributed by atoms with Crippen LogP contribution in [0.5, 0.6) is 5.75 Å². The number of ether oxygens (including phenoxy) is 1. The van der Waals surface area contributed by atoms with Crippen molar-refractivity contribution in [1.82, 2.24) is 19.7 Å². The summed E-state index contributed by atoms with van der Waals surface area (Å²) < 4.78 is 45.3. The molecule has 3 aromatic rings. The Morgan fingerprint density at radius 2 is 1.77 bits per heavy atom. The van der Waals surface area contributed by atoms with E-state index < -0.39 is 11.9 Å². The summed E-state index contributed by atoms with van der Waals surface area (Å²) in [5.41, 5.74) is -0.403. The molecule has 10 heteroatoms. The Morgan fingerprint density at radius 1 is 1.10 bits per heavy atom. The number of hydrogen-bond acceptors (Lipinski definition) is 5. The summed E-state index contributed by atoms with van der Waals surface area (Å²) in [5, 5.41) is 6.34. The van der Waals surface area contributed by atoms with Crippen molar-refractivity contribution in [2.75, 3.05) is 12.4 Å². The van der Waals surface area contributed by atoms with E-state index in [9.17, 15) is 18.0 Å². The van der Waals surface area contributed by atoms with Crippen LogP contribution in [-0.2, 0) is 6.18 Å². The second kappa shape index (κ2) is 8.44. The van der Waals surface area contributed by atoms with Crippen molar-refractivity contribution in [3.8, 4) is 5.75 Å². The van der Waals surface area contributed by atoms with Crippen LogP contribution in [0.3, 0.4) is 0 Å². The van der Waals surface area contributed by atoms with Crippen molar-refractivity contribution < 1.29 is 22.7 Å². The summed E-state index contributed by atoms with van der Waals surface area (Å²) in [6.07, 6.45) is 0.954. The number of carbonyl (C=O) groups excluding carboxylic acids is 1. The number of aromatic nitrogens is 3. The van der Waals surface area contributed by atoms with E-state index in [0.717, 1.165) is 31.9 Å².